The molecule has 1 saturated heterocycles. The fraction of sp³-hybridized carbons (Fsp3) is 0.538. The number of sulfonamides is 1. The molecule has 0 amide bonds. The van der Waals surface area contributed by atoms with E-state index in [1.165, 1.54) is 11.3 Å². The van der Waals surface area contributed by atoms with E-state index in [2.05, 4.69) is 10.3 Å². The van der Waals surface area contributed by atoms with Crippen molar-refractivity contribution in [1.82, 2.24) is 19.3 Å². The Morgan fingerprint density at radius 2 is 2.19 bits per heavy atom. The second-order valence-corrected chi connectivity index (χ2v) is 8.77. The number of aryl methyl sites for hydroxylation is 2. The minimum absolute atomic E-state index is 0.0678. The topological polar surface area (TPSA) is 68.1 Å². The largest absolute Gasteiger partial charge is 0.252 e. The molecule has 6 nitrogen and oxygen atoms in total. The van der Waals surface area contributed by atoms with Gasteiger partial charge in [0.1, 0.15) is 4.21 Å². The van der Waals surface area contributed by atoms with E-state index in [0.717, 1.165) is 23.3 Å². The SMILES string of the molecule is Cc1cc(S(=O)(=O)N2CCC[C@H](n3ccnn3)C2)sc1C. The summed E-state index contributed by atoms with van der Waals surface area (Å²) >= 11 is 1.35. The van der Waals surface area contributed by atoms with Gasteiger partial charge in [0.05, 0.1) is 12.2 Å². The van der Waals surface area contributed by atoms with Gasteiger partial charge in [-0.05, 0) is 38.3 Å². The molecule has 3 heterocycles. The van der Waals surface area contributed by atoms with Gasteiger partial charge < -0.3 is 0 Å². The predicted molar refractivity (Wildman–Crippen MR) is 80.8 cm³/mol. The lowest BCUT2D eigenvalue weighted by molar-refractivity contribution is 0.251. The highest BCUT2D eigenvalue weighted by Gasteiger charge is 2.32. The third-order valence-corrected chi connectivity index (χ3v) is 7.38. The molecule has 1 aliphatic heterocycles. The highest BCUT2D eigenvalue weighted by molar-refractivity contribution is 7.91. The molecule has 2 aromatic heterocycles. The Balaban J connectivity index is 1.85. The number of nitrogens with zero attached hydrogens (tertiary/aromatic N) is 4. The first-order valence-corrected chi connectivity index (χ1v) is 9.17. The molecule has 0 bridgehead atoms. The Kier molecular flexibility index (Phi) is 3.85. The van der Waals surface area contributed by atoms with Crippen LogP contribution in [0, 0.1) is 13.8 Å². The average Bonchev–Trinajstić information content (AvgIpc) is 3.10. The molecule has 21 heavy (non-hydrogen) atoms. The molecule has 1 fully saturated rings. The predicted octanol–water partition coefficient (Wildman–Crippen LogP) is 1.98. The Hall–Kier alpha value is -1.25. The van der Waals surface area contributed by atoms with Crippen LogP contribution < -0.4 is 0 Å². The molecule has 0 saturated carbocycles. The van der Waals surface area contributed by atoms with Crippen molar-refractivity contribution in [2.45, 2.75) is 36.9 Å². The van der Waals surface area contributed by atoms with Gasteiger partial charge in [0.2, 0.25) is 0 Å². The van der Waals surface area contributed by atoms with Crippen LogP contribution in [0.2, 0.25) is 0 Å². The Labute approximate surface area is 128 Å². The van der Waals surface area contributed by atoms with Crippen molar-refractivity contribution in [3.05, 3.63) is 28.9 Å². The second kappa shape index (κ2) is 5.51. The van der Waals surface area contributed by atoms with Crippen LogP contribution in [0.5, 0.6) is 0 Å². The third kappa shape index (κ3) is 2.75. The van der Waals surface area contributed by atoms with Crippen LogP contribution >= 0.6 is 11.3 Å². The molecule has 1 aliphatic rings. The zero-order valence-electron chi connectivity index (χ0n) is 12.1. The summed E-state index contributed by atoms with van der Waals surface area (Å²) < 4.78 is 29.3. The molecular formula is C13H18N4O2S2. The quantitative estimate of drug-likeness (QED) is 0.865. The lowest BCUT2D eigenvalue weighted by atomic mass is 10.1. The van der Waals surface area contributed by atoms with Crippen LogP contribution in [0.3, 0.4) is 0 Å². The summed E-state index contributed by atoms with van der Waals surface area (Å²) in [7, 11) is -3.40. The third-order valence-electron chi connectivity index (χ3n) is 3.91. The number of thiophene rings is 1. The van der Waals surface area contributed by atoms with Crippen molar-refractivity contribution in [1.29, 1.82) is 0 Å². The van der Waals surface area contributed by atoms with E-state index in [0.29, 0.717) is 17.3 Å². The van der Waals surface area contributed by atoms with Crippen LogP contribution in [0.15, 0.2) is 22.7 Å². The van der Waals surface area contributed by atoms with E-state index in [1.807, 2.05) is 13.8 Å². The molecule has 0 unspecified atom stereocenters. The summed E-state index contributed by atoms with van der Waals surface area (Å²) in [5.74, 6) is 0. The normalized spacial score (nSPS) is 20.8. The second-order valence-electron chi connectivity index (χ2n) is 5.35. The summed E-state index contributed by atoms with van der Waals surface area (Å²) in [6.07, 6.45) is 5.19. The smallest absolute Gasteiger partial charge is 0.248 e. The highest BCUT2D eigenvalue weighted by atomic mass is 32.2. The summed E-state index contributed by atoms with van der Waals surface area (Å²) in [4.78, 5) is 1.05. The van der Waals surface area contributed by atoms with Gasteiger partial charge in [-0.15, -0.1) is 16.4 Å². The number of rotatable bonds is 3. The minimum atomic E-state index is -3.40. The summed E-state index contributed by atoms with van der Waals surface area (Å²) in [5, 5.41) is 7.80. The molecule has 0 spiro atoms. The number of hydrogen-bond acceptors (Lipinski definition) is 5. The molecule has 114 valence electrons. The molecule has 0 radical (unpaired) electrons. The minimum Gasteiger partial charge on any atom is -0.248 e. The van der Waals surface area contributed by atoms with E-state index < -0.39 is 10.0 Å². The van der Waals surface area contributed by atoms with E-state index >= 15 is 0 Å². The molecule has 2 aromatic rings. The van der Waals surface area contributed by atoms with Crippen molar-refractivity contribution in [2.75, 3.05) is 13.1 Å². The number of piperidine rings is 1. The first kappa shape index (κ1) is 14.7. The van der Waals surface area contributed by atoms with Gasteiger partial charge in [0.15, 0.2) is 0 Å². The van der Waals surface area contributed by atoms with Crippen molar-refractivity contribution >= 4 is 21.4 Å². The first-order chi connectivity index (χ1) is 9.98. The lowest BCUT2D eigenvalue weighted by Gasteiger charge is -2.31. The van der Waals surface area contributed by atoms with Crippen LogP contribution in [0.25, 0.3) is 0 Å². The van der Waals surface area contributed by atoms with Gasteiger partial charge >= 0.3 is 0 Å². The highest BCUT2D eigenvalue weighted by Crippen LogP contribution is 2.31. The van der Waals surface area contributed by atoms with Crippen LogP contribution in [-0.4, -0.2) is 40.8 Å². The van der Waals surface area contributed by atoms with E-state index in [9.17, 15) is 8.42 Å². The molecule has 3 rings (SSSR count). The maximum absolute atomic E-state index is 12.8. The summed E-state index contributed by atoms with van der Waals surface area (Å²) in [6.45, 7) is 4.93. The van der Waals surface area contributed by atoms with Gasteiger partial charge in [0.25, 0.3) is 10.0 Å². The van der Waals surface area contributed by atoms with Gasteiger partial charge in [-0.1, -0.05) is 5.21 Å². The van der Waals surface area contributed by atoms with Crippen molar-refractivity contribution in [3.8, 4) is 0 Å². The van der Waals surface area contributed by atoms with Crippen LogP contribution in [0.4, 0.5) is 0 Å². The maximum atomic E-state index is 12.8. The lowest BCUT2D eigenvalue weighted by Crippen LogP contribution is -2.40. The van der Waals surface area contributed by atoms with Crippen molar-refractivity contribution in [3.63, 3.8) is 0 Å². The zero-order valence-corrected chi connectivity index (χ0v) is 13.7. The standard InChI is InChI=1S/C13H18N4O2S2/c1-10-8-13(20-11(10)2)21(18,19)16-6-3-4-12(9-16)17-7-5-14-15-17/h5,7-8,12H,3-4,6,9H2,1-2H3/t12-/m0/s1. The van der Waals surface area contributed by atoms with E-state index in [4.69, 9.17) is 0 Å². The van der Waals surface area contributed by atoms with E-state index in [1.54, 1.807) is 27.4 Å². The Bertz CT molecular complexity index is 702. The maximum Gasteiger partial charge on any atom is 0.252 e. The molecule has 0 aromatic carbocycles. The molecule has 1 atom stereocenters. The van der Waals surface area contributed by atoms with Crippen LogP contribution in [-0.2, 0) is 10.0 Å². The van der Waals surface area contributed by atoms with Crippen LogP contribution in [0.1, 0.15) is 29.3 Å². The van der Waals surface area contributed by atoms with Gasteiger partial charge in [0, 0.05) is 24.2 Å². The van der Waals surface area contributed by atoms with Crippen molar-refractivity contribution in [2.24, 2.45) is 0 Å². The summed E-state index contributed by atoms with van der Waals surface area (Å²) in [6, 6.07) is 1.84. The molecule has 0 N–H and O–H groups in total. The van der Waals surface area contributed by atoms with E-state index in [-0.39, 0.29) is 6.04 Å². The summed E-state index contributed by atoms with van der Waals surface area (Å²) in [5.41, 5.74) is 1.03. The molecular weight excluding hydrogens is 308 g/mol. The fourth-order valence-electron chi connectivity index (χ4n) is 2.56. The average molecular weight is 326 g/mol. The number of hydrogen-bond donors (Lipinski definition) is 0. The molecule has 0 aliphatic carbocycles. The van der Waals surface area contributed by atoms with Gasteiger partial charge in [-0.3, -0.25) is 0 Å². The Morgan fingerprint density at radius 1 is 1.38 bits per heavy atom. The van der Waals surface area contributed by atoms with Crippen molar-refractivity contribution < 1.29 is 8.42 Å². The number of aromatic nitrogens is 3. The Morgan fingerprint density at radius 3 is 2.81 bits per heavy atom. The van der Waals surface area contributed by atoms with Gasteiger partial charge in [-0.2, -0.15) is 4.31 Å². The molecule has 8 heteroatoms. The first-order valence-electron chi connectivity index (χ1n) is 6.91. The zero-order chi connectivity index (χ0) is 15.0. The fourth-order valence-corrected chi connectivity index (χ4v) is 5.75. The monoisotopic (exact) mass is 326 g/mol. The van der Waals surface area contributed by atoms with Gasteiger partial charge in [-0.25, -0.2) is 13.1 Å².